The largest absolute Gasteiger partial charge is 0.490 e. The molecule has 0 saturated heterocycles. The molecule has 0 unspecified atom stereocenters. The van der Waals surface area contributed by atoms with Crippen LogP contribution in [0.1, 0.15) is 53.3 Å². The molecule has 35 heavy (non-hydrogen) atoms. The molecular weight excluding hydrogens is 436 g/mol. The molecule has 1 N–H and O–H groups in total. The van der Waals surface area contributed by atoms with Gasteiger partial charge in [0.25, 0.3) is 5.91 Å². The summed E-state index contributed by atoms with van der Waals surface area (Å²) in [5.41, 5.74) is 6.43. The summed E-state index contributed by atoms with van der Waals surface area (Å²) >= 11 is 0. The van der Waals surface area contributed by atoms with Crippen LogP contribution in [-0.4, -0.2) is 12.5 Å². The zero-order valence-corrected chi connectivity index (χ0v) is 21.0. The minimum atomic E-state index is -0.424. The summed E-state index contributed by atoms with van der Waals surface area (Å²) in [6.45, 7) is 10.9. The van der Waals surface area contributed by atoms with E-state index in [0.29, 0.717) is 30.3 Å². The third-order valence-corrected chi connectivity index (χ3v) is 5.80. The summed E-state index contributed by atoms with van der Waals surface area (Å²) in [7, 11) is 0. The number of benzene rings is 3. The molecule has 0 spiro atoms. The number of hydrogen-bond acceptors (Lipinski definition) is 4. The van der Waals surface area contributed by atoms with E-state index in [4.69, 9.17) is 9.47 Å². The van der Waals surface area contributed by atoms with Crippen LogP contribution in [0.15, 0.2) is 66.2 Å². The molecule has 0 aromatic heterocycles. The Morgan fingerprint density at radius 3 is 2.31 bits per heavy atom. The molecule has 3 aromatic carbocycles. The van der Waals surface area contributed by atoms with Gasteiger partial charge in [-0.1, -0.05) is 54.1 Å². The number of nitriles is 1. The van der Waals surface area contributed by atoms with Gasteiger partial charge in [0.05, 0.1) is 12.6 Å². The number of hydrogen-bond donors (Lipinski definition) is 1. The number of carbonyl (C=O) groups is 1. The second-order valence-corrected chi connectivity index (χ2v) is 8.58. The molecular formula is C30H32N2O3. The van der Waals surface area contributed by atoms with Gasteiger partial charge < -0.3 is 14.8 Å². The maximum Gasteiger partial charge on any atom is 0.262 e. The maximum absolute atomic E-state index is 12.7. The Kier molecular flexibility index (Phi) is 8.69. The highest BCUT2D eigenvalue weighted by Gasteiger charge is 2.15. The summed E-state index contributed by atoms with van der Waals surface area (Å²) in [5.74, 6) is 0.760. The average molecular weight is 469 g/mol. The second kappa shape index (κ2) is 11.9. The smallest absolute Gasteiger partial charge is 0.262 e. The molecule has 3 rings (SSSR count). The van der Waals surface area contributed by atoms with Gasteiger partial charge in [-0.15, -0.1) is 0 Å². The molecule has 180 valence electrons. The van der Waals surface area contributed by atoms with Gasteiger partial charge in [0.2, 0.25) is 0 Å². The van der Waals surface area contributed by atoms with Crippen LogP contribution in [0.2, 0.25) is 0 Å². The van der Waals surface area contributed by atoms with Gasteiger partial charge in [0.15, 0.2) is 11.5 Å². The highest BCUT2D eigenvalue weighted by Crippen LogP contribution is 2.31. The monoisotopic (exact) mass is 468 g/mol. The molecule has 0 aliphatic heterocycles. The van der Waals surface area contributed by atoms with E-state index in [2.05, 4.69) is 38.2 Å². The first-order valence-electron chi connectivity index (χ1n) is 11.8. The van der Waals surface area contributed by atoms with E-state index >= 15 is 0 Å². The molecule has 5 heteroatoms. The molecule has 0 bridgehead atoms. The van der Waals surface area contributed by atoms with Gasteiger partial charge in [-0.3, -0.25) is 4.79 Å². The Balaban J connectivity index is 1.79. The van der Waals surface area contributed by atoms with Crippen LogP contribution in [0, 0.1) is 32.1 Å². The van der Waals surface area contributed by atoms with Crippen molar-refractivity contribution in [2.24, 2.45) is 0 Å². The van der Waals surface area contributed by atoms with Crippen molar-refractivity contribution in [2.75, 3.05) is 6.61 Å². The SMILES string of the molecule is CCOc1cc(/C=C(\C#N)C(=O)N[C@@H](C)c2ccccc2)ccc1OCc1c(C)cc(C)cc1C. The van der Waals surface area contributed by atoms with Crippen LogP contribution in [0.25, 0.3) is 6.08 Å². The van der Waals surface area contributed by atoms with Gasteiger partial charge in [-0.2, -0.15) is 5.26 Å². The van der Waals surface area contributed by atoms with Gasteiger partial charge >= 0.3 is 0 Å². The Morgan fingerprint density at radius 1 is 1.00 bits per heavy atom. The molecule has 1 amide bonds. The summed E-state index contributed by atoms with van der Waals surface area (Å²) < 4.78 is 11.9. The van der Waals surface area contributed by atoms with E-state index in [1.165, 1.54) is 16.7 Å². The maximum atomic E-state index is 12.7. The van der Waals surface area contributed by atoms with Crippen LogP contribution >= 0.6 is 0 Å². The third-order valence-electron chi connectivity index (χ3n) is 5.80. The second-order valence-electron chi connectivity index (χ2n) is 8.58. The van der Waals surface area contributed by atoms with Crippen molar-refractivity contribution < 1.29 is 14.3 Å². The van der Waals surface area contributed by atoms with Gasteiger partial charge in [0, 0.05) is 0 Å². The fourth-order valence-corrected chi connectivity index (χ4v) is 4.00. The molecule has 5 nitrogen and oxygen atoms in total. The lowest BCUT2D eigenvalue weighted by molar-refractivity contribution is -0.117. The van der Waals surface area contributed by atoms with Gasteiger partial charge in [-0.25, -0.2) is 0 Å². The molecule has 0 heterocycles. The Morgan fingerprint density at radius 2 is 1.69 bits per heavy atom. The summed E-state index contributed by atoms with van der Waals surface area (Å²) in [4.78, 5) is 12.7. The molecule has 3 aromatic rings. The number of rotatable bonds is 9. The first-order valence-corrected chi connectivity index (χ1v) is 11.8. The van der Waals surface area contributed by atoms with Crippen molar-refractivity contribution in [1.29, 1.82) is 5.26 Å². The minimum Gasteiger partial charge on any atom is -0.490 e. The van der Waals surface area contributed by atoms with E-state index < -0.39 is 5.91 Å². The molecule has 0 fully saturated rings. The summed E-state index contributed by atoms with van der Waals surface area (Å²) in [6, 6.07) is 21.1. The van der Waals surface area contributed by atoms with Gasteiger partial charge in [0.1, 0.15) is 18.2 Å². The van der Waals surface area contributed by atoms with E-state index in [0.717, 1.165) is 11.1 Å². The van der Waals surface area contributed by atoms with Crippen molar-refractivity contribution in [3.8, 4) is 17.6 Å². The van der Waals surface area contributed by atoms with Crippen molar-refractivity contribution in [2.45, 2.75) is 47.3 Å². The minimum absolute atomic E-state index is 0.0230. The molecule has 0 saturated carbocycles. The number of aryl methyl sites for hydroxylation is 3. The highest BCUT2D eigenvalue weighted by atomic mass is 16.5. The number of nitrogens with one attached hydrogen (secondary N) is 1. The van der Waals surface area contributed by atoms with Crippen LogP contribution in [0.5, 0.6) is 11.5 Å². The van der Waals surface area contributed by atoms with Crippen molar-refractivity contribution in [3.63, 3.8) is 0 Å². The normalized spacial score (nSPS) is 11.9. The van der Waals surface area contributed by atoms with Crippen LogP contribution in [-0.2, 0) is 11.4 Å². The standard InChI is InChI=1S/C30H32N2O3/c1-6-34-29-17-24(12-13-28(29)35-19-27-21(3)14-20(2)15-22(27)4)16-26(18-31)30(33)32-23(5)25-10-8-7-9-11-25/h7-17,23H,6,19H2,1-5H3,(H,32,33)/b26-16+/t23-/m0/s1. The van der Waals surface area contributed by atoms with Crippen LogP contribution in [0.3, 0.4) is 0 Å². The highest BCUT2D eigenvalue weighted by molar-refractivity contribution is 6.01. The first-order chi connectivity index (χ1) is 16.8. The Labute approximate surface area is 208 Å². The molecule has 0 radical (unpaired) electrons. The van der Waals surface area contributed by atoms with E-state index in [9.17, 15) is 10.1 Å². The molecule has 0 aliphatic carbocycles. The zero-order chi connectivity index (χ0) is 25.4. The van der Waals surface area contributed by atoms with Crippen LogP contribution in [0.4, 0.5) is 0 Å². The van der Waals surface area contributed by atoms with Crippen molar-refractivity contribution >= 4 is 12.0 Å². The fraction of sp³-hybridized carbons (Fsp3) is 0.267. The predicted molar refractivity (Wildman–Crippen MR) is 139 cm³/mol. The Hall–Kier alpha value is -4.04. The Bertz CT molecular complexity index is 1230. The third kappa shape index (κ3) is 6.74. The van der Waals surface area contributed by atoms with Crippen molar-refractivity contribution in [3.05, 3.63) is 99.6 Å². The van der Waals surface area contributed by atoms with E-state index in [1.807, 2.05) is 62.4 Å². The van der Waals surface area contributed by atoms with Crippen molar-refractivity contribution in [1.82, 2.24) is 5.32 Å². The van der Waals surface area contributed by atoms with E-state index in [1.54, 1.807) is 12.1 Å². The zero-order valence-electron chi connectivity index (χ0n) is 21.0. The molecule has 0 aliphatic rings. The lowest BCUT2D eigenvalue weighted by Gasteiger charge is -2.16. The predicted octanol–water partition coefficient (Wildman–Crippen LogP) is 6.37. The fourth-order valence-electron chi connectivity index (χ4n) is 4.00. The summed E-state index contributed by atoms with van der Waals surface area (Å²) in [5, 5.41) is 12.5. The number of ether oxygens (including phenoxy) is 2. The lowest BCUT2D eigenvalue weighted by atomic mass is 10.0. The topological polar surface area (TPSA) is 71.3 Å². The number of carbonyl (C=O) groups excluding carboxylic acids is 1. The summed E-state index contributed by atoms with van der Waals surface area (Å²) in [6.07, 6.45) is 1.56. The average Bonchev–Trinajstić information content (AvgIpc) is 2.83. The first kappa shape index (κ1) is 25.6. The quantitative estimate of drug-likeness (QED) is 0.292. The van der Waals surface area contributed by atoms with Gasteiger partial charge in [-0.05, 0) is 80.6 Å². The lowest BCUT2D eigenvalue weighted by Crippen LogP contribution is -2.27. The molecule has 1 atom stereocenters. The number of amides is 1. The number of nitrogens with zero attached hydrogens (tertiary/aromatic N) is 1. The van der Waals surface area contributed by atoms with E-state index in [-0.39, 0.29) is 11.6 Å². The van der Waals surface area contributed by atoms with Crippen LogP contribution < -0.4 is 14.8 Å².